The predicted molar refractivity (Wildman–Crippen MR) is 133 cm³/mol. The molecule has 1 aliphatic heterocycles. The Kier molecular flexibility index (Phi) is 6.91. The molecule has 0 amide bonds. The van der Waals surface area contributed by atoms with Crippen molar-refractivity contribution in [3.8, 4) is 11.5 Å². The molecule has 5 nitrogen and oxygen atoms in total. The molecule has 2 aliphatic rings. The lowest BCUT2D eigenvalue weighted by Crippen LogP contribution is -2.54. The minimum Gasteiger partial charge on any atom is -0.493 e. The van der Waals surface area contributed by atoms with E-state index in [0.29, 0.717) is 17.2 Å². The Morgan fingerprint density at radius 3 is 2.53 bits per heavy atom. The van der Waals surface area contributed by atoms with Crippen LogP contribution in [0.15, 0.2) is 48.5 Å². The highest BCUT2D eigenvalue weighted by Crippen LogP contribution is 2.51. The molecule has 2 aromatic rings. The lowest BCUT2D eigenvalue weighted by molar-refractivity contribution is 0.101. The molecular formula is C26H35N3O2S. The van der Waals surface area contributed by atoms with E-state index in [9.17, 15) is 0 Å². The van der Waals surface area contributed by atoms with Crippen LogP contribution in [0.2, 0.25) is 0 Å². The van der Waals surface area contributed by atoms with Crippen LogP contribution in [0.4, 0.5) is 0 Å². The Bertz CT molecular complexity index is 938. The standard InChI is InChI=1S/C26H35N3O2S/c1-4-29(25(27)32)21-12-13-26(20-10-11-22(30-2)23(16-20)31-3)14-15-28(24(26)17-21)18-19-8-6-5-7-9-19/h5-11,16,21,24H,4,12-15,17-18H2,1-3H3,(H2,27,32)/t21-,24+,26+/m1/s1. The van der Waals surface area contributed by atoms with E-state index < -0.39 is 0 Å². The van der Waals surface area contributed by atoms with Gasteiger partial charge in [-0.15, -0.1) is 0 Å². The van der Waals surface area contributed by atoms with Crippen LogP contribution >= 0.6 is 12.2 Å². The second kappa shape index (κ2) is 9.67. The summed E-state index contributed by atoms with van der Waals surface area (Å²) >= 11 is 5.39. The highest BCUT2D eigenvalue weighted by atomic mass is 32.1. The molecule has 0 bridgehead atoms. The normalized spacial score (nSPS) is 25.2. The molecule has 4 rings (SSSR count). The fourth-order valence-corrected chi connectivity index (χ4v) is 6.27. The number of benzene rings is 2. The van der Waals surface area contributed by atoms with Crippen LogP contribution in [0.5, 0.6) is 11.5 Å². The van der Waals surface area contributed by atoms with E-state index >= 15 is 0 Å². The van der Waals surface area contributed by atoms with Gasteiger partial charge in [0.15, 0.2) is 16.6 Å². The molecule has 6 heteroatoms. The summed E-state index contributed by atoms with van der Waals surface area (Å²) in [4.78, 5) is 4.89. The van der Waals surface area contributed by atoms with Crippen LogP contribution in [0, 0.1) is 0 Å². The van der Waals surface area contributed by atoms with Gasteiger partial charge in [0, 0.05) is 30.6 Å². The van der Waals surface area contributed by atoms with E-state index in [1.807, 2.05) is 0 Å². The number of methoxy groups -OCH3 is 2. The van der Waals surface area contributed by atoms with E-state index in [0.717, 1.165) is 56.8 Å². The molecule has 1 saturated heterocycles. The molecule has 2 fully saturated rings. The molecule has 2 N–H and O–H groups in total. The zero-order chi connectivity index (χ0) is 22.7. The quantitative estimate of drug-likeness (QED) is 0.630. The molecule has 1 saturated carbocycles. The van der Waals surface area contributed by atoms with Crippen molar-refractivity contribution in [1.82, 2.24) is 9.80 Å². The summed E-state index contributed by atoms with van der Waals surface area (Å²) in [5.41, 5.74) is 8.91. The summed E-state index contributed by atoms with van der Waals surface area (Å²) < 4.78 is 11.2. The molecule has 0 unspecified atom stereocenters. The van der Waals surface area contributed by atoms with Crippen LogP contribution in [-0.4, -0.2) is 54.3 Å². The summed E-state index contributed by atoms with van der Waals surface area (Å²) in [6.45, 7) is 5.05. The van der Waals surface area contributed by atoms with Crippen LogP contribution in [0.25, 0.3) is 0 Å². The van der Waals surface area contributed by atoms with Gasteiger partial charge < -0.3 is 20.1 Å². The zero-order valence-electron chi connectivity index (χ0n) is 19.4. The first-order chi connectivity index (χ1) is 15.5. The Hall–Kier alpha value is -2.31. The van der Waals surface area contributed by atoms with E-state index in [2.05, 4.69) is 65.3 Å². The van der Waals surface area contributed by atoms with Crippen molar-refractivity contribution >= 4 is 17.3 Å². The van der Waals surface area contributed by atoms with Gasteiger partial charge in [-0.2, -0.15) is 0 Å². The molecule has 32 heavy (non-hydrogen) atoms. The molecule has 2 aromatic carbocycles. The fourth-order valence-electron chi connectivity index (χ4n) is 5.99. The second-order valence-electron chi connectivity index (χ2n) is 9.00. The van der Waals surface area contributed by atoms with Crippen molar-refractivity contribution in [2.24, 2.45) is 5.73 Å². The lowest BCUT2D eigenvalue weighted by Gasteiger charge is -2.48. The number of hydrogen-bond acceptors (Lipinski definition) is 4. The maximum atomic E-state index is 6.10. The van der Waals surface area contributed by atoms with Crippen molar-refractivity contribution in [2.45, 2.75) is 56.7 Å². The number of fused-ring (bicyclic) bond motifs is 1. The minimum absolute atomic E-state index is 0.0977. The Morgan fingerprint density at radius 1 is 1.12 bits per heavy atom. The number of hydrogen-bond donors (Lipinski definition) is 1. The first-order valence-corrected chi connectivity index (χ1v) is 12.0. The molecular weight excluding hydrogens is 418 g/mol. The topological polar surface area (TPSA) is 51.0 Å². The summed E-state index contributed by atoms with van der Waals surface area (Å²) in [7, 11) is 3.40. The number of rotatable bonds is 7. The van der Waals surface area contributed by atoms with Gasteiger partial charge in [0.05, 0.1) is 14.2 Å². The Labute approximate surface area is 197 Å². The van der Waals surface area contributed by atoms with Crippen LogP contribution < -0.4 is 15.2 Å². The number of nitrogens with two attached hydrogens (primary N) is 1. The van der Waals surface area contributed by atoms with Crippen molar-refractivity contribution in [3.05, 3.63) is 59.7 Å². The minimum atomic E-state index is 0.0977. The molecule has 0 spiro atoms. The molecule has 1 heterocycles. The van der Waals surface area contributed by atoms with Gasteiger partial charge in [-0.1, -0.05) is 36.4 Å². The number of thiocarbonyl (C=S) groups is 1. The van der Waals surface area contributed by atoms with Gasteiger partial charge in [0.25, 0.3) is 0 Å². The maximum absolute atomic E-state index is 6.10. The van der Waals surface area contributed by atoms with Crippen LogP contribution in [-0.2, 0) is 12.0 Å². The number of ether oxygens (including phenoxy) is 2. The molecule has 0 aromatic heterocycles. The zero-order valence-corrected chi connectivity index (χ0v) is 20.2. The van der Waals surface area contributed by atoms with Gasteiger partial charge in [-0.25, -0.2) is 0 Å². The first-order valence-electron chi connectivity index (χ1n) is 11.6. The third-order valence-electron chi connectivity index (χ3n) is 7.59. The smallest absolute Gasteiger partial charge is 0.166 e. The summed E-state index contributed by atoms with van der Waals surface area (Å²) in [6.07, 6.45) is 4.41. The second-order valence-corrected chi connectivity index (χ2v) is 9.42. The highest BCUT2D eigenvalue weighted by Gasteiger charge is 2.52. The van der Waals surface area contributed by atoms with Gasteiger partial charge in [0.2, 0.25) is 0 Å². The summed E-state index contributed by atoms with van der Waals surface area (Å²) in [6, 6.07) is 18.1. The van der Waals surface area contributed by atoms with E-state index in [1.54, 1.807) is 14.2 Å². The third-order valence-corrected chi connectivity index (χ3v) is 7.83. The fraction of sp³-hybridized carbons (Fsp3) is 0.500. The van der Waals surface area contributed by atoms with Crippen molar-refractivity contribution < 1.29 is 9.47 Å². The summed E-state index contributed by atoms with van der Waals surface area (Å²) in [5, 5.41) is 0.517. The van der Waals surface area contributed by atoms with Gasteiger partial charge >= 0.3 is 0 Å². The monoisotopic (exact) mass is 453 g/mol. The van der Waals surface area contributed by atoms with Crippen molar-refractivity contribution in [1.29, 1.82) is 0 Å². The van der Waals surface area contributed by atoms with Gasteiger partial charge in [-0.05, 0) is 74.6 Å². The SMILES string of the molecule is CCN(C(N)=S)[C@@H]1CC[C@@]2(c3ccc(OC)c(OC)c3)CCN(Cc3ccccc3)[C@H]2C1. The Balaban J connectivity index is 1.69. The maximum Gasteiger partial charge on any atom is 0.166 e. The third kappa shape index (κ3) is 4.18. The van der Waals surface area contributed by atoms with E-state index in [4.69, 9.17) is 27.4 Å². The average molecular weight is 454 g/mol. The van der Waals surface area contributed by atoms with E-state index in [1.165, 1.54) is 11.1 Å². The number of nitrogens with zero attached hydrogens (tertiary/aromatic N) is 2. The number of likely N-dealkylation sites (tertiary alicyclic amines) is 1. The largest absolute Gasteiger partial charge is 0.493 e. The van der Waals surface area contributed by atoms with Gasteiger partial charge in [0.1, 0.15) is 0 Å². The summed E-state index contributed by atoms with van der Waals surface area (Å²) in [5.74, 6) is 1.59. The predicted octanol–water partition coefficient (Wildman–Crippen LogP) is 4.33. The molecule has 172 valence electrons. The first kappa shape index (κ1) is 22.9. The van der Waals surface area contributed by atoms with Gasteiger partial charge in [-0.3, -0.25) is 4.90 Å². The Morgan fingerprint density at radius 2 is 1.88 bits per heavy atom. The van der Waals surface area contributed by atoms with E-state index in [-0.39, 0.29) is 5.41 Å². The lowest BCUT2D eigenvalue weighted by atomic mass is 9.64. The van der Waals surface area contributed by atoms with Crippen LogP contribution in [0.1, 0.15) is 43.7 Å². The average Bonchev–Trinajstić information content (AvgIpc) is 3.18. The van der Waals surface area contributed by atoms with Crippen molar-refractivity contribution in [2.75, 3.05) is 27.3 Å². The molecule has 1 aliphatic carbocycles. The molecule has 3 atom stereocenters. The highest BCUT2D eigenvalue weighted by molar-refractivity contribution is 7.80. The molecule has 0 radical (unpaired) electrons. The van der Waals surface area contributed by atoms with Crippen LogP contribution in [0.3, 0.4) is 0 Å². The van der Waals surface area contributed by atoms with Crippen molar-refractivity contribution in [3.63, 3.8) is 0 Å².